The van der Waals surface area contributed by atoms with Crippen molar-refractivity contribution in [1.29, 1.82) is 0 Å². The molecule has 0 aliphatic carbocycles. The Morgan fingerprint density at radius 3 is 2.37 bits per heavy atom. The molecule has 0 atom stereocenters. The number of nitrogens with one attached hydrogen (secondary N) is 1. The predicted molar refractivity (Wildman–Crippen MR) is 104 cm³/mol. The zero-order chi connectivity index (χ0) is 19.9. The molecule has 2 aromatic carbocycles. The normalized spacial score (nSPS) is 11.4. The van der Waals surface area contributed by atoms with E-state index in [1.54, 1.807) is 13.8 Å². The molecule has 2 rings (SSSR count). The average molecular weight is 393 g/mol. The molecular weight excluding hydrogens is 370 g/mol. The third-order valence-corrected chi connectivity index (χ3v) is 5.98. The molecule has 0 aromatic heterocycles. The van der Waals surface area contributed by atoms with Crippen molar-refractivity contribution in [3.63, 3.8) is 0 Å². The van der Waals surface area contributed by atoms with Crippen LogP contribution in [0.2, 0.25) is 0 Å². The first-order chi connectivity index (χ1) is 12.9. The molecule has 0 heterocycles. The first-order valence-electron chi connectivity index (χ1n) is 8.60. The Morgan fingerprint density at radius 1 is 1.11 bits per heavy atom. The summed E-state index contributed by atoms with van der Waals surface area (Å²) in [7, 11) is -3.76. The summed E-state index contributed by atoms with van der Waals surface area (Å²) in [6.07, 6.45) is 0. The number of nitrogens with zero attached hydrogens (tertiary/aromatic N) is 2. The van der Waals surface area contributed by atoms with Crippen molar-refractivity contribution >= 4 is 21.4 Å². The number of nitro benzene ring substituents is 1. The molecule has 0 aliphatic rings. The smallest absolute Gasteiger partial charge is 0.293 e. The number of para-hydroxylation sites is 1. The van der Waals surface area contributed by atoms with Crippen molar-refractivity contribution in [3.8, 4) is 5.75 Å². The summed E-state index contributed by atoms with van der Waals surface area (Å²) in [5.74, 6) is 0.703. The van der Waals surface area contributed by atoms with E-state index in [1.807, 2.05) is 30.3 Å². The minimum absolute atomic E-state index is 0.0935. The van der Waals surface area contributed by atoms with Crippen molar-refractivity contribution in [3.05, 3.63) is 58.6 Å². The number of benzene rings is 2. The molecule has 0 saturated heterocycles. The van der Waals surface area contributed by atoms with E-state index in [4.69, 9.17) is 4.74 Å². The number of sulfonamides is 1. The summed E-state index contributed by atoms with van der Waals surface area (Å²) in [5.41, 5.74) is -0.0434. The van der Waals surface area contributed by atoms with Crippen molar-refractivity contribution in [1.82, 2.24) is 4.31 Å². The van der Waals surface area contributed by atoms with Gasteiger partial charge in [-0.25, -0.2) is 8.42 Å². The lowest BCUT2D eigenvalue weighted by Crippen LogP contribution is -2.30. The summed E-state index contributed by atoms with van der Waals surface area (Å²) in [6, 6.07) is 13.1. The second kappa shape index (κ2) is 9.33. The molecule has 8 nitrogen and oxygen atoms in total. The molecular formula is C18H23N3O5S. The van der Waals surface area contributed by atoms with Gasteiger partial charge in [-0.3, -0.25) is 10.1 Å². The quantitative estimate of drug-likeness (QED) is 0.378. The highest BCUT2D eigenvalue weighted by Gasteiger charge is 2.25. The Balaban J connectivity index is 2.12. The third-order valence-electron chi connectivity index (χ3n) is 3.94. The number of hydrogen-bond acceptors (Lipinski definition) is 6. The zero-order valence-electron chi connectivity index (χ0n) is 15.3. The maximum Gasteiger partial charge on any atom is 0.293 e. The zero-order valence-corrected chi connectivity index (χ0v) is 16.1. The van der Waals surface area contributed by atoms with Crippen LogP contribution in [0.4, 0.5) is 11.4 Å². The molecule has 9 heteroatoms. The van der Waals surface area contributed by atoms with E-state index >= 15 is 0 Å². The van der Waals surface area contributed by atoms with Crippen LogP contribution in [0.15, 0.2) is 53.4 Å². The second-order valence-electron chi connectivity index (χ2n) is 5.61. The third kappa shape index (κ3) is 5.18. The van der Waals surface area contributed by atoms with Crippen molar-refractivity contribution in [2.24, 2.45) is 0 Å². The standard InChI is InChI=1S/C18H23N3O5S/c1-3-20(4-2)27(24,25)16-10-11-17(18(14-16)21(22)23)19-12-13-26-15-8-6-5-7-9-15/h5-11,14,19H,3-4,12-13H2,1-2H3. The van der Waals surface area contributed by atoms with Gasteiger partial charge in [-0.05, 0) is 24.3 Å². The van der Waals surface area contributed by atoms with Gasteiger partial charge in [0.05, 0.1) is 9.82 Å². The lowest BCUT2D eigenvalue weighted by Gasteiger charge is -2.18. The fourth-order valence-electron chi connectivity index (χ4n) is 2.56. The summed E-state index contributed by atoms with van der Waals surface area (Å²) in [4.78, 5) is 10.7. The molecule has 146 valence electrons. The van der Waals surface area contributed by atoms with Crippen molar-refractivity contribution in [2.45, 2.75) is 18.7 Å². The largest absolute Gasteiger partial charge is 0.492 e. The van der Waals surface area contributed by atoms with Gasteiger partial charge < -0.3 is 10.1 Å². The Labute approximate surface area is 159 Å². The summed E-state index contributed by atoms with van der Waals surface area (Å²) in [5, 5.41) is 14.3. The number of hydrogen-bond donors (Lipinski definition) is 1. The van der Waals surface area contributed by atoms with Gasteiger partial charge in [0.2, 0.25) is 10.0 Å². The Bertz CT molecular complexity index is 868. The highest BCUT2D eigenvalue weighted by molar-refractivity contribution is 7.89. The van der Waals surface area contributed by atoms with Crippen LogP contribution in [0, 0.1) is 10.1 Å². The topological polar surface area (TPSA) is 102 Å². The summed E-state index contributed by atoms with van der Waals surface area (Å²) >= 11 is 0. The van der Waals surface area contributed by atoms with E-state index in [0.29, 0.717) is 32.0 Å². The van der Waals surface area contributed by atoms with Crippen LogP contribution in [-0.2, 0) is 10.0 Å². The molecule has 0 spiro atoms. The molecule has 1 N–H and O–H groups in total. The van der Waals surface area contributed by atoms with Gasteiger partial charge in [-0.1, -0.05) is 32.0 Å². The van der Waals surface area contributed by atoms with Crippen LogP contribution in [0.5, 0.6) is 5.75 Å². The first-order valence-corrected chi connectivity index (χ1v) is 10.0. The maximum atomic E-state index is 12.6. The lowest BCUT2D eigenvalue weighted by molar-refractivity contribution is -0.384. The molecule has 2 aromatic rings. The van der Waals surface area contributed by atoms with E-state index in [9.17, 15) is 18.5 Å². The monoisotopic (exact) mass is 393 g/mol. The molecule has 0 saturated carbocycles. The van der Waals surface area contributed by atoms with E-state index < -0.39 is 14.9 Å². The number of anilines is 1. The number of nitro groups is 1. The van der Waals surface area contributed by atoms with Gasteiger partial charge in [0, 0.05) is 25.7 Å². The predicted octanol–water partition coefficient (Wildman–Crippen LogP) is 3.12. The van der Waals surface area contributed by atoms with E-state index in [2.05, 4.69) is 5.32 Å². The number of ether oxygens (including phenoxy) is 1. The van der Waals surface area contributed by atoms with Crippen LogP contribution in [-0.4, -0.2) is 43.9 Å². The second-order valence-corrected chi connectivity index (χ2v) is 7.55. The highest BCUT2D eigenvalue weighted by atomic mass is 32.2. The molecule has 27 heavy (non-hydrogen) atoms. The van der Waals surface area contributed by atoms with Crippen LogP contribution in [0.3, 0.4) is 0 Å². The Hall–Kier alpha value is -2.65. The van der Waals surface area contributed by atoms with Gasteiger partial charge in [0.1, 0.15) is 18.0 Å². The van der Waals surface area contributed by atoms with Crippen LogP contribution >= 0.6 is 0 Å². The summed E-state index contributed by atoms with van der Waals surface area (Å²) in [6.45, 7) is 4.67. The van der Waals surface area contributed by atoms with Gasteiger partial charge in [0.15, 0.2) is 0 Å². The summed E-state index contributed by atoms with van der Waals surface area (Å²) < 4.78 is 31.9. The molecule has 0 radical (unpaired) electrons. The van der Waals surface area contributed by atoms with Gasteiger partial charge in [-0.15, -0.1) is 0 Å². The minimum Gasteiger partial charge on any atom is -0.492 e. The van der Waals surface area contributed by atoms with Crippen molar-refractivity contribution in [2.75, 3.05) is 31.6 Å². The van der Waals surface area contributed by atoms with Crippen molar-refractivity contribution < 1.29 is 18.1 Å². The molecule has 0 unspecified atom stereocenters. The van der Waals surface area contributed by atoms with Gasteiger partial charge in [0.25, 0.3) is 5.69 Å². The van der Waals surface area contributed by atoms with E-state index in [0.717, 1.165) is 6.07 Å². The van der Waals surface area contributed by atoms with E-state index in [-0.39, 0.29) is 16.3 Å². The number of rotatable bonds is 10. The average Bonchev–Trinajstić information content (AvgIpc) is 2.66. The van der Waals surface area contributed by atoms with Gasteiger partial charge >= 0.3 is 0 Å². The Kier molecular flexibility index (Phi) is 7.14. The van der Waals surface area contributed by atoms with Gasteiger partial charge in [-0.2, -0.15) is 4.31 Å². The fraction of sp³-hybridized carbons (Fsp3) is 0.333. The molecule has 0 aliphatic heterocycles. The Morgan fingerprint density at radius 2 is 1.78 bits per heavy atom. The lowest BCUT2D eigenvalue weighted by atomic mass is 10.2. The van der Waals surface area contributed by atoms with E-state index in [1.165, 1.54) is 16.4 Å². The minimum atomic E-state index is -3.76. The van der Waals surface area contributed by atoms with Crippen LogP contribution in [0.25, 0.3) is 0 Å². The van der Waals surface area contributed by atoms with Crippen LogP contribution in [0.1, 0.15) is 13.8 Å². The molecule has 0 fully saturated rings. The van der Waals surface area contributed by atoms with Crippen LogP contribution < -0.4 is 10.1 Å². The SMILES string of the molecule is CCN(CC)S(=O)(=O)c1ccc(NCCOc2ccccc2)c([N+](=O)[O-])c1. The maximum absolute atomic E-state index is 12.6. The molecule has 0 amide bonds. The fourth-order valence-corrected chi connectivity index (χ4v) is 4.03. The first kappa shape index (κ1) is 20.7. The molecule has 0 bridgehead atoms. The highest BCUT2D eigenvalue weighted by Crippen LogP contribution is 2.28.